The molecule has 7 nitrogen and oxygen atoms in total. The second-order valence-corrected chi connectivity index (χ2v) is 7.81. The minimum Gasteiger partial charge on any atom is -0.495 e. The quantitative estimate of drug-likeness (QED) is 0.413. The summed E-state index contributed by atoms with van der Waals surface area (Å²) in [5.74, 6) is 0.417. The summed E-state index contributed by atoms with van der Waals surface area (Å²) in [5.41, 5.74) is 0.420. The van der Waals surface area contributed by atoms with Gasteiger partial charge < -0.3 is 14.2 Å². The van der Waals surface area contributed by atoms with Gasteiger partial charge in [-0.15, -0.1) is 0 Å². The van der Waals surface area contributed by atoms with Crippen molar-refractivity contribution in [3.8, 4) is 11.5 Å². The van der Waals surface area contributed by atoms with Crippen molar-refractivity contribution in [2.24, 2.45) is 0 Å². The van der Waals surface area contributed by atoms with Gasteiger partial charge in [-0.05, 0) is 42.5 Å². The van der Waals surface area contributed by atoms with Crippen LogP contribution in [0.1, 0.15) is 10.4 Å². The number of ether oxygens (including phenoxy) is 3. The number of esters is 1. The van der Waals surface area contributed by atoms with Gasteiger partial charge in [0.15, 0.2) is 0 Å². The van der Waals surface area contributed by atoms with Crippen molar-refractivity contribution < 1.29 is 27.4 Å². The molecule has 3 rings (SSSR count). The fourth-order valence-corrected chi connectivity index (χ4v) is 3.73. The minimum absolute atomic E-state index is 0.0319. The Kier molecular flexibility index (Phi) is 6.92. The summed E-state index contributed by atoms with van der Waals surface area (Å²) in [6.45, 7) is 0.216. The van der Waals surface area contributed by atoms with Crippen LogP contribution in [0.3, 0.4) is 0 Å². The first-order valence-electron chi connectivity index (χ1n) is 9.10. The van der Waals surface area contributed by atoms with Gasteiger partial charge in [-0.3, -0.25) is 4.72 Å². The molecule has 1 N–H and O–H groups in total. The lowest BCUT2D eigenvalue weighted by Gasteiger charge is -2.12. The summed E-state index contributed by atoms with van der Waals surface area (Å²) < 4.78 is 43.7. The highest BCUT2D eigenvalue weighted by atomic mass is 32.2. The van der Waals surface area contributed by atoms with E-state index >= 15 is 0 Å². The average Bonchev–Trinajstić information content (AvgIpc) is 2.77. The van der Waals surface area contributed by atoms with E-state index in [0.29, 0.717) is 17.2 Å². The molecular weight excluding hydrogens is 406 g/mol. The zero-order valence-corrected chi connectivity index (χ0v) is 17.1. The lowest BCUT2D eigenvalue weighted by Crippen LogP contribution is -2.16. The van der Waals surface area contributed by atoms with Crippen LogP contribution in [-0.4, -0.2) is 34.7 Å². The number of carbonyl (C=O) groups is 1. The lowest BCUT2D eigenvalue weighted by molar-refractivity contribution is 0.0450. The Balaban J connectivity index is 1.63. The van der Waals surface area contributed by atoms with Gasteiger partial charge in [0.05, 0.1) is 23.3 Å². The van der Waals surface area contributed by atoms with E-state index in [0.717, 1.165) is 0 Å². The zero-order valence-electron chi connectivity index (χ0n) is 16.3. The van der Waals surface area contributed by atoms with Crippen molar-refractivity contribution in [3.63, 3.8) is 0 Å². The number of hydrogen-bond acceptors (Lipinski definition) is 6. The van der Waals surface area contributed by atoms with E-state index in [2.05, 4.69) is 4.72 Å². The summed E-state index contributed by atoms with van der Waals surface area (Å²) in [5, 5.41) is 0. The maximum atomic E-state index is 12.7. The van der Waals surface area contributed by atoms with E-state index in [1.165, 1.54) is 31.4 Å². The van der Waals surface area contributed by atoms with Gasteiger partial charge in [0.2, 0.25) is 0 Å². The van der Waals surface area contributed by atoms with E-state index in [1.807, 2.05) is 18.2 Å². The van der Waals surface area contributed by atoms with Crippen LogP contribution < -0.4 is 14.2 Å². The van der Waals surface area contributed by atoms with E-state index in [-0.39, 0.29) is 23.7 Å². The van der Waals surface area contributed by atoms with Crippen LogP contribution in [0.5, 0.6) is 11.5 Å². The summed E-state index contributed by atoms with van der Waals surface area (Å²) in [6.07, 6.45) is 0. The molecule has 0 fully saturated rings. The van der Waals surface area contributed by atoms with Crippen molar-refractivity contribution >= 4 is 21.7 Å². The standard InChI is InChI=1S/C22H21NO6S/c1-27-21-13-6-5-12-20(21)23-30(25,26)19-11-7-8-17(16-19)22(24)29-15-14-28-18-9-3-2-4-10-18/h2-13,16,23H,14-15H2,1H3. The number of methoxy groups -OCH3 is 1. The summed E-state index contributed by atoms with van der Waals surface area (Å²) >= 11 is 0. The first-order valence-corrected chi connectivity index (χ1v) is 10.6. The Labute approximate surface area is 175 Å². The second-order valence-electron chi connectivity index (χ2n) is 6.13. The molecule has 0 unspecified atom stereocenters. The minimum atomic E-state index is -3.93. The van der Waals surface area contributed by atoms with E-state index in [9.17, 15) is 13.2 Å². The number of nitrogens with one attached hydrogen (secondary N) is 1. The van der Waals surface area contributed by atoms with E-state index < -0.39 is 16.0 Å². The van der Waals surface area contributed by atoms with Gasteiger partial charge in [0.25, 0.3) is 10.0 Å². The van der Waals surface area contributed by atoms with Gasteiger partial charge >= 0.3 is 5.97 Å². The molecule has 3 aromatic rings. The van der Waals surface area contributed by atoms with E-state index in [1.54, 1.807) is 36.4 Å². The van der Waals surface area contributed by atoms with Crippen LogP contribution in [0.15, 0.2) is 83.8 Å². The summed E-state index contributed by atoms with van der Waals surface area (Å²) in [7, 11) is -2.48. The third kappa shape index (κ3) is 5.51. The van der Waals surface area contributed by atoms with Crippen LogP contribution >= 0.6 is 0 Å². The highest BCUT2D eigenvalue weighted by Gasteiger charge is 2.18. The number of para-hydroxylation sites is 3. The molecule has 0 heterocycles. The number of hydrogen-bond donors (Lipinski definition) is 1. The normalized spacial score (nSPS) is 10.8. The van der Waals surface area contributed by atoms with Crippen molar-refractivity contribution in [1.29, 1.82) is 0 Å². The largest absolute Gasteiger partial charge is 0.495 e. The predicted octanol–water partition coefficient (Wildman–Crippen LogP) is 3.73. The van der Waals surface area contributed by atoms with E-state index in [4.69, 9.17) is 14.2 Å². The van der Waals surface area contributed by atoms with Gasteiger partial charge in [-0.25, -0.2) is 13.2 Å². The highest BCUT2D eigenvalue weighted by Crippen LogP contribution is 2.26. The lowest BCUT2D eigenvalue weighted by atomic mass is 10.2. The molecule has 0 saturated heterocycles. The van der Waals surface area contributed by atoms with Crippen LogP contribution in [0.4, 0.5) is 5.69 Å². The third-order valence-electron chi connectivity index (χ3n) is 4.06. The molecule has 0 spiro atoms. The highest BCUT2D eigenvalue weighted by molar-refractivity contribution is 7.92. The molecule has 0 aliphatic rings. The van der Waals surface area contributed by atoms with Crippen LogP contribution in [0.25, 0.3) is 0 Å². The first kappa shape index (κ1) is 21.2. The van der Waals surface area contributed by atoms with Crippen molar-refractivity contribution in [1.82, 2.24) is 0 Å². The molecule has 0 amide bonds. The Morgan fingerprint density at radius 2 is 1.63 bits per heavy atom. The number of sulfonamides is 1. The molecule has 0 saturated carbocycles. The average molecular weight is 427 g/mol. The van der Waals surface area contributed by atoms with Crippen molar-refractivity contribution in [2.75, 3.05) is 25.0 Å². The van der Waals surface area contributed by atoms with Crippen LogP contribution in [0.2, 0.25) is 0 Å². The monoisotopic (exact) mass is 427 g/mol. The summed E-state index contributed by atoms with van der Waals surface area (Å²) in [4.78, 5) is 12.2. The van der Waals surface area contributed by atoms with Gasteiger partial charge in [0, 0.05) is 0 Å². The Bertz CT molecular complexity index is 1100. The van der Waals surface area contributed by atoms with Crippen molar-refractivity contribution in [2.45, 2.75) is 4.90 Å². The number of anilines is 1. The SMILES string of the molecule is COc1ccccc1NS(=O)(=O)c1cccc(C(=O)OCCOc2ccccc2)c1. The summed E-state index contributed by atoms with van der Waals surface area (Å²) in [6, 6.07) is 21.4. The fourth-order valence-electron chi connectivity index (χ4n) is 2.62. The smallest absolute Gasteiger partial charge is 0.338 e. The number of benzene rings is 3. The third-order valence-corrected chi connectivity index (χ3v) is 5.42. The molecule has 8 heteroatoms. The predicted molar refractivity (Wildman–Crippen MR) is 112 cm³/mol. The Morgan fingerprint density at radius 3 is 2.40 bits per heavy atom. The molecule has 0 aliphatic carbocycles. The Morgan fingerprint density at radius 1 is 0.900 bits per heavy atom. The molecule has 0 bridgehead atoms. The fraction of sp³-hybridized carbons (Fsp3) is 0.136. The molecular formula is C22H21NO6S. The molecule has 0 aliphatic heterocycles. The number of carbonyl (C=O) groups excluding carboxylic acids is 1. The van der Waals surface area contributed by atoms with Crippen LogP contribution in [-0.2, 0) is 14.8 Å². The molecule has 0 atom stereocenters. The Hall–Kier alpha value is -3.52. The van der Waals surface area contributed by atoms with Gasteiger partial charge in [-0.1, -0.05) is 36.4 Å². The second kappa shape index (κ2) is 9.80. The molecule has 3 aromatic carbocycles. The molecule has 0 aromatic heterocycles. The molecule has 156 valence electrons. The molecule has 30 heavy (non-hydrogen) atoms. The van der Waals surface area contributed by atoms with Crippen LogP contribution in [0, 0.1) is 0 Å². The maximum absolute atomic E-state index is 12.7. The maximum Gasteiger partial charge on any atom is 0.338 e. The zero-order chi connectivity index (χ0) is 21.4. The van der Waals surface area contributed by atoms with Gasteiger partial charge in [-0.2, -0.15) is 0 Å². The first-order chi connectivity index (χ1) is 14.5. The van der Waals surface area contributed by atoms with Crippen molar-refractivity contribution in [3.05, 3.63) is 84.4 Å². The molecule has 0 radical (unpaired) electrons. The number of rotatable bonds is 9. The van der Waals surface area contributed by atoms with Gasteiger partial charge in [0.1, 0.15) is 24.7 Å². The topological polar surface area (TPSA) is 90.9 Å².